The van der Waals surface area contributed by atoms with E-state index in [4.69, 9.17) is 4.74 Å². The van der Waals surface area contributed by atoms with Crippen molar-refractivity contribution in [2.24, 2.45) is 0 Å². The summed E-state index contributed by atoms with van der Waals surface area (Å²) in [4.78, 5) is 12.9. The van der Waals surface area contributed by atoms with Crippen LogP contribution < -0.4 is 5.32 Å². The summed E-state index contributed by atoms with van der Waals surface area (Å²) in [6.45, 7) is 2.39. The second-order valence-electron chi connectivity index (χ2n) is 5.51. The Bertz CT molecular complexity index is 633. The summed E-state index contributed by atoms with van der Waals surface area (Å²) < 4.78 is 32.2. The number of ether oxygens (including phenoxy) is 1. The van der Waals surface area contributed by atoms with Crippen molar-refractivity contribution in [3.05, 3.63) is 46.1 Å². The molecular weight excluding hydrogens is 308 g/mol. The van der Waals surface area contributed by atoms with Crippen molar-refractivity contribution in [2.45, 2.75) is 31.7 Å². The van der Waals surface area contributed by atoms with E-state index in [9.17, 15) is 13.6 Å². The number of carbonyl (C=O) groups is 1. The van der Waals surface area contributed by atoms with Gasteiger partial charge in [0.25, 0.3) is 5.91 Å². The van der Waals surface area contributed by atoms with Gasteiger partial charge in [-0.1, -0.05) is 6.07 Å². The molecule has 6 heteroatoms. The molecular formula is C16H17F2NO2S. The van der Waals surface area contributed by atoms with Crippen LogP contribution in [0, 0.1) is 11.6 Å². The van der Waals surface area contributed by atoms with Gasteiger partial charge in [0, 0.05) is 23.8 Å². The van der Waals surface area contributed by atoms with Crippen LogP contribution in [0.4, 0.5) is 8.78 Å². The maximum Gasteiger partial charge on any atom is 0.261 e. The lowest BCUT2D eigenvalue weighted by molar-refractivity contribution is -0.118. The van der Waals surface area contributed by atoms with Crippen LogP contribution in [0.15, 0.2) is 28.9 Å². The van der Waals surface area contributed by atoms with Gasteiger partial charge in [-0.15, -0.1) is 11.8 Å². The van der Waals surface area contributed by atoms with Gasteiger partial charge in [-0.3, -0.25) is 4.79 Å². The highest BCUT2D eigenvalue weighted by Gasteiger charge is 2.36. The molecule has 118 valence electrons. The maximum atomic E-state index is 13.9. The summed E-state index contributed by atoms with van der Waals surface area (Å²) in [5.74, 6) is -0.00906. The fourth-order valence-corrected chi connectivity index (χ4v) is 3.64. The van der Waals surface area contributed by atoms with E-state index in [0.29, 0.717) is 22.8 Å². The van der Waals surface area contributed by atoms with Gasteiger partial charge in [0.05, 0.1) is 6.61 Å². The fourth-order valence-electron chi connectivity index (χ4n) is 2.81. The van der Waals surface area contributed by atoms with Crippen LogP contribution >= 0.6 is 11.8 Å². The SMILES string of the molecule is CC1=C(C(=O)N[C@H]2CC[C@H]2c2ccc(F)cc2F)SCCO1. The number of rotatable bonds is 3. The minimum atomic E-state index is -0.585. The summed E-state index contributed by atoms with van der Waals surface area (Å²) in [7, 11) is 0. The lowest BCUT2D eigenvalue weighted by atomic mass is 9.75. The molecule has 0 bridgehead atoms. The molecule has 0 aromatic heterocycles. The molecule has 0 unspecified atom stereocenters. The van der Waals surface area contributed by atoms with E-state index in [1.165, 1.54) is 23.9 Å². The highest BCUT2D eigenvalue weighted by Crippen LogP contribution is 2.39. The molecule has 1 fully saturated rings. The lowest BCUT2D eigenvalue weighted by Gasteiger charge is -2.38. The molecule has 3 nitrogen and oxygen atoms in total. The van der Waals surface area contributed by atoms with Crippen LogP contribution in [0.2, 0.25) is 0 Å². The van der Waals surface area contributed by atoms with E-state index in [0.717, 1.165) is 24.7 Å². The standard InChI is InChI=1S/C16H17F2NO2S/c1-9-15(22-7-6-21-9)16(20)19-14-5-4-12(14)11-3-2-10(17)8-13(11)18/h2-3,8,12,14H,4-7H2,1H3,(H,19,20)/t12-,14-/m0/s1. The van der Waals surface area contributed by atoms with Gasteiger partial charge in [-0.2, -0.15) is 0 Å². The molecule has 1 saturated carbocycles. The van der Waals surface area contributed by atoms with Gasteiger partial charge in [-0.25, -0.2) is 8.78 Å². The van der Waals surface area contributed by atoms with Crippen LogP contribution in [0.1, 0.15) is 31.2 Å². The van der Waals surface area contributed by atoms with Crippen molar-refractivity contribution in [2.75, 3.05) is 12.4 Å². The van der Waals surface area contributed by atoms with Crippen molar-refractivity contribution in [3.63, 3.8) is 0 Å². The third-order valence-electron chi connectivity index (χ3n) is 4.13. The fraction of sp³-hybridized carbons (Fsp3) is 0.438. The van der Waals surface area contributed by atoms with E-state index in [1.807, 2.05) is 0 Å². The van der Waals surface area contributed by atoms with E-state index < -0.39 is 11.6 Å². The van der Waals surface area contributed by atoms with Crippen LogP contribution in [0.25, 0.3) is 0 Å². The van der Waals surface area contributed by atoms with Crippen LogP contribution in [0.3, 0.4) is 0 Å². The largest absolute Gasteiger partial charge is 0.496 e. The first-order valence-corrected chi connectivity index (χ1v) is 8.27. The second-order valence-corrected chi connectivity index (χ2v) is 6.62. The number of hydrogen-bond donors (Lipinski definition) is 1. The zero-order valence-corrected chi connectivity index (χ0v) is 13.0. The Morgan fingerprint density at radius 2 is 2.18 bits per heavy atom. The first kappa shape index (κ1) is 15.3. The highest BCUT2D eigenvalue weighted by molar-refractivity contribution is 8.04. The quantitative estimate of drug-likeness (QED) is 0.926. The number of benzene rings is 1. The molecule has 0 spiro atoms. The van der Waals surface area contributed by atoms with Gasteiger partial charge >= 0.3 is 0 Å². The number of amides is 1. The van der Waals surface area contributed by atoms with Gasteiger partial charge < -0.3 is 10.1 Å². The molecule has 2 atom stereocenters. The molecule has 1 N–H and O–H groups in total. The third-order valence-corrected chi connectivity index (χ3v) is 5.26. The Balaban J connectivity index is 1.70. The molecule has 1 aliphatic carbocycles. The summed E-state index contributed by atoms with van der Waals surface area (Å²) in [5.41, 5.74) is 0.469. The van der Waals surface area contributed by atoms with Crippen molar-refractivity contribution >= 4 is 17.7 Å². The van der Waals surface area contributed by atoms with Crippen molar-refractivity contribution in [1.29, 1.82) is 0 Å². The van der Waals surface area contributed by atoms with Crippen molar-refractivity contribution in [1.82, 2.24) is 5.32 Å². The molecule has 1 aliphatic heterocycles. The van der Waals surface area contributed by atoms with Gasteiger partial charge in [0.15, 0.2) is 0 Å². The van der Waals surface area contributed by atoms with Crippen LogP contribution in [-0.2, 0) is 9.53 Å². The minimum absolute atomic E-state index is 0.0973. The van der Waals surface area contributed by atoms with Crippen LogP contribution in [0.5, 0.6) is 0 Å². The second kappa shape index (κ2) is 6.28. The zero-order valence-electron chi connectivity index (χ0n) is 12.2. The topological polar surface area (TPSA) is 38.3 Å². The lowest BCUT2D eigenvalue weighted by Crippen LogP contribution is -2.46. The van der Waals surface area contributed by atoms with E-state index in [-0.39, 0.29) is 17.9 Å². The molecule has 0 saturated heterocycles. The highest BCUT2D eigenvalue weighted by atomic mass is 32.2. The average Bonchev–Trinajstić information content (AvgIpc) is 2.46. The summed E-state index contributed by atoms with van der Waals surface area (Å²) >= 11 is 1.48. The Kier molecular flexibility index (Phi) is 4.38. The Morgan fingerprint density at radius 1 is 1.36 bits per heavy atom. The van der Waals surface area contributed by atoms with E-state index in [1.54, 1.807) is 6.92 Å². The molecule has 1 aromatic rings. The maximum absolute atomic E-state index is 13.9. The first-order chi connectivity index (χ1) is 10.6. The number of hydrogen-bond acceptors (Lipinski definition) is 3. The summed E-state index contributed by atoms with van der Waals surface area (Å²) in [5, 5.41) is 2.95. The number of allylic oxidation sites excluding steroid dienone is 1. The average molecular weight is 325 g/mol. The van der Waals surface area contributed by atoms with Crippen LogP contribution in [-0.4, -0.2) is 24.3 Å². The zero-order chi connectivity index (χ0) is 15.7. The Labute approximate surface area is 132 Å². The number of carbonyl (C=O) groups excluding carboxylic acids is 1. The third kappa shape index (κ3) is 2.97. The normalized spacial score (nSPS) is 24.5. The smallest absolute Gasteiger partial charge is 0.261 e. The predicted octanol–water partition coefficient (Wildman–Crippen LogP) is 3.32. The summed E-state index contributed by atoms with van der Waals surface area (Å²) in [6.07, 6.45) is 1.58. The first-order valence-electron chi connectivity index (χ1n) is 7.28. The monoisotopic (exact) mass is 325 g/mol. The van der Waals surface area contributed by atoms with Gasteiger partial charge in [0.1, 0.15) is 22.3 Å². The Morgan fingerprint density at radius 3 is 2.82 bits per heavy atom. The number of nitrogens with one attached hydrogen (secondary N) is 1. The summed E-state index contributed by atoms with van der Waals surface area (Å²) in [6, 6.07) is 3.50. The number of thioether (sulfide) groups is 1. The molecule has 2 aliphatic rings. The van der Waals surface area contributed by atoms with E-state index in [2.05, 4.69) is 5.32 Å². The molecule has 0 radical (unpaired) electrons. The molecule has 22 heavy (non-hydrogen) atoms. The number of halogens is 2. The van der Waals surface area contributed by atoms with Crippen molar-refractivity contribution in [3.8, 4) is 0 Å². The van der Waals surface area contributed by atoms with Gasteiger partial charge in [-0.05, 0) is 31.4 Å². The minimum Gasteiger partial charge on any atom is -0.496 e. The van der Waals surface area contributed by atoms with Gasteiger partial charge in [0.2, 0.25) is 0 Å². The Hall–Kier alpha value is -1.56. The van der Waals surface area contributed by atoms with Crippen molar-refractivity contribution < 1.29 is 18.3 Å². The molecule has 1 aromatic carbocycles. The molecule has 3 rings (SSSR count). The molecule has 1 heterocycles. The van der Waals surface area contributed by atoms with E-state index >= 15 is 0 Å². The molecule has 1 amide bonds. The predicted molar refractivity (Wildman–Crippen MR) is 81.4 cm³/mol.